The molecule has 2 fully saturated rings. The Labute approximate surface area is 125 Å². The highest BCUT2D eigenvalue weighted by atomic mass is 19.1. The molecule has 0 radical (unpaired) electrons. The van der Waals surface area contributed by atoms with Crippen LogP contribution in [0.25, 0.3) is 0 Å². The Morgan fingerprint density at radius 3 is 2.76 bits per heavy atom. The minimum atomic E-state index is -0.272. The SMILES string of the molecule is O=C(Cc1cccc(F)c1)N1CCC(C2CCCN2)CC1. The number of amides is 1. The van der Waals surface area contributed by atoms with E-state index in [4.69, 9.17) is 0 Å². The van der Waals surface area contributed by atoms with Crippen molar-refractivity contribution < 1.29 is 9.18 Å². The summed E-state index contributed by atoms with van der Waals surface area (Å²) < 4.78 is 13.2. The molecule has 0 saturated carbocycles. The summed E-state index contributed by atoms with van der Waals surface area (Å²) in [6, 6.07) is 7.00. The maximum absolute atomic E-state index is 13.2. The van der Waals surface area contributed by atoms with Crippen molar-refractivity contribution >= 4 is 5.91 Å². The molecular weight excluding hydrogens is 267 g/mol. The zero-order valence-corrected chi connectivity index (χ0v) is 12.4. The van der Waals surface area contributed by atoms with Gasteiger partial charge in [0.2, 0.25) is 5.91 Å². The zero-order chi connectivity index (χ0) is 14.7. The van der Waals surface area contributed by atoms with Gasteiger partial charge in [-0.1, -0.05) is 12.1 Å². The molecular formula is C17H23FN2O. The molecule has 2 aliphatic heterocycles. The molecule has 2 aliphatic rings. The van der Waals surface area contributed by atoms with Crippen LogP contribution >= 0.6 is 0 Å². The van der Waals surface area contributed by atoms with E-state index in [9.17, 15) is 9.18 Å². The number of hydrogen-bond donors (Lipinski definition) is 1. The predicted octanol–water partition coefficient (Wildman–Crippen LogP) is 2.36. The average Bonchev–Trinajstić information content (AvgIpc) is 3.01. The van der Waals surface area contributed by atoms with Crippen LogP contribution in [0.2, 0.25) is 0 Å². The first-order valence-electron chi connectivity index (χ1n) is 7.98. The summed E-state index contributed by atoms with van der Waals surface area (Å²) in [7, 11) is 0. The van der Waals surface area contributed by atoms with Crippen molar-refractivity contribution in [1.29, 1.82) is 0 Å². The molecule has 3 nitrogen and oxygen atoms in total. The van der Waals surface area contributed by atoms with Crippen molar-refractivity contribution in [2.24, 2.45) is 5.92 Å². The Kier molecular flexibility index (Phi) is 4.54. The molecule has 1 aromatic carbocycles. The van der Waals surface area contributed by atoms with Crippen LogP contribution in [-0.2, 0) is 11.2 Å². The topological polar surface area (TPSA) is 32.3 Å². The third-order valence-corrected chi connectivity index (χ3v) is 4.80. The first-order valence-corrected chi connectivity index (χ1v) is 7.98. The Morgan fingerprint density at radius 1 is 1.29 bits per heavy atom. The lowest BCUT2D eigenvalue weighted by atomic mass is 9.88. The summed E-state index contributed by atoms with van der Waals surface area (Å²) in [6.07, 6.45) is 5.05. The van der Waals surface area contributed by atoms with E-state index >= 15 is 0 Å². The normalized spacial score (nSPS) is 23.5. The molecule has 0 spiro atoms. The highest BCUT2D eigenvalue weighted by Gasteiger charge is 2.29. The van der Waals surface area contributed by atoms with Crippen LogP contribution < -0.4 is 5.32 Å². The number of nitrogens with zero attached hydrogens (tertiary/aromatic N) is 1. The van der Waals surface area contributed by atoms with E-state index in [1.165, 1.54) is 25.0 Å². The van der Waals surface area contributed by atoms with Crippen LogP contribution in [-0.4, -0.2) is 36.5 Å². The van der Waals surface area contributed by atoms with E-state index in [2.05, 4.69) is 5.32 Å². The summed E-state index contributed by atoms with van der Waals surface area (Å²) in [4.78, 5) is 14.2. The lowest BCUT2D eigenvalue weighted by molar-refractivity contribution is -0.132. The largest absolute Gasteiger partial charge is 0.342 e. The van der Waals surface area contributed by atoms with Gasteiger partial charge in [-0.3, -0.25) is 4.79 Å². The van der Waals surface area contributed by atoms with Crippen LogP contribution in [0.1, 0.15) is 31.2 Å². The van der Waals surface area contributed by atoms with Gasteiger partial charge in [0.05, 0.1) is 6.42 Å². The van der Waals surface area contributed by atoms with Gasteiger partial charge in [-0.15, -0.1) is 0 Å². The quantitative estimate of drug-likeness (QED) is 0.927. The zero-order valence-electron chi connectivity index (χ0n) is 12.4. The van der Waals surface area contributed by atoms with Crippen molar-refractivity contribution in [3.05, 3.63) is 35.6 Å². The Hall–Kier alpha value is -1.42. The highest BCUT2D eigenvalue weighted by Crippen LogP contribution is 2.25. The van der Waals surface area contributed by atoms with Gasteiger partial charge in [-0.25, -0.2) is 4.39 Å². The van der Waals surface area contributed by atoms with E-state index in [1.54, 1.807) is 6.07 Å². The smallest absolute Gasteiger partial charge is 0.226 e. The molecule has 4 heteroatoms. The molecule has 1 amide bonds. The maximum atomic E-state index is 13.2. The van der Waals surface area contributed by atoms with Crippen LogP contribution in [0, 0.1) is 11.7 Å². The van der Waals surface area contributed by atoms with Crippen LogP contribution in [0.5, 0.6) is 0 Å². The monoisotopic (exact) mass is 290 g/mol. The van der Waals surface area contributed by atoms with Gasteiger partial charge in [0.25, 0.3) is 0 Å². The van der Waals surface area contributed by atoms with Crippen LogP contribution in [0.15, 0.2) is 24.3 Å². The molecule has 1 aromatic rings. The molecule has 2 heterocycles. The summed E-state index contributed by atoms with van der Waals surface area (Å²) in [5, 5.41) is 3.57. The van der Waals surface area contributed by atoms with Gasteiger partial charge >= 0.3 is 0 Å². The third kappa shape index (κ3) is 3.62. The van der Waals surface area contributed by atoms with Crippen molar-refractivity contribution in [3.63, 3.8) is 0 Å². The minimum absolute atomic E-state index is 0.124. The van der Waals surface area contributed by atoms with Crippen LogP contribution in [0.4, 0.5) is 4.39 Å². The van der Waals surface area contributed by atoms with Gasteiger partial charge in [0.1, 0.15) is 5.82 Å². The summed E-state index contributed by atoms with van der Waals surface area (Å²) in [5.74, 6) is 0.565. The van der Waals surface area contributed by atoms with Gasteiger partial charge < -0.3 is 10.2 Å². The van der Waals surface area contributed by atoms with E-state index in [1.807, 2.05) is 11.0 Å². The van der Waals surface area contributed by atoms with Crippen LogP contribution in [0.3, 0.4) is 0 Å². The molecule has 3 rings (SSSR count). The van der Waals surface area contributed by atoms with Gasteiger partial charge in [-0.05, 0) is 55.8 Å². The fourth-order valence-electron chi connectivity index (χ4n) is 3.60. The van der Waals surface area contributed by atoms with E-state index < -0.39 is 0 Å². The summed E-state index contributed by atoms with van der Waals surface area (Å²) >= 11 is 0. The molecule has 2 saturated heterocycles. The standard InChI is InChI=1S/C17H23FN2O/c18-15-4-1-3-13(11-15)12-17(21)20-9-6-14(7-10-20)16-5-2-8-19-16/h1,3-4,11,14,16,19H,2,5-10,12H2. The minimum Gasteiger partial charge on any atom is -0.342 e. The Morgan fingerprint density at radius 2 is 2.10 bits per heavy atom. The summed E-state index contributed by atoms with van der Waals surface area (Å²) in [6.45, 7) is 2.83. The molecule has 21 heavy (non-hydrogen) atoms. The number of likely N-dealkylation sites (tertiary alicyclic amines) is 1. The first kappa shape index (κ1) is 14.5. The van der Waals surface area contributed by atoms with E-state index in [0.29, 0.717) is 18.4 Å². The van der Waals surface area contributed by atoms with Gasteiger partial charge in [-0.2, -0.15) is 0 Å². The summed E-state index contributed by atoms with van der Waals surface area (Å²) in [5.41, 5.74) is 0.764. The fourth-order valence-corrected chi connectivity index (χ4v) is 3.60. The second kappa shape index (κ2) is 6.56. The molecule has 1 atom stereocenters. The van der Waals surface area contributed by atoms with Gasteiger partial charge in [0.15, 0.2) is 0 Å². The highest BCUT2D eigenvalue weighted by molar-refractivity contribution is 5.78. The van der Waals surface area contributed by atoms with Gasteiger partial charge in [0, 0.05) is 19.1 Å². The molecule has 1 unspecified atom stereocenters. The maximum Gasteiger partial charge on any atom is 0.226 e. The number of piperidine rings is 1. The van der Waals surface area contributed by atoms with E-state index in [0.717, 1.165) is 38.0 Å². The Balaban J connectivity index is 1.50. The second-order valence-corrected chi connectivity index (χ2v) is 6.23. The van der Waals surface area contributed by atoms with Crippen molar-refractivity contribution in [3.8, 4) is 0 Å². The Bertz CT molecular complexity index is 491. The van der Waals surface area contributed by atoms with E-state index in [-0.39, 0.29) is 11.7 Å². The molecule has 0 aliphatic carbocycles. The first-order chi connectivity index (χ1) is 10.2. The van der Waals surface area contributed by atoms with Crippen molar-refractivity contribution in [2.45, 2.75) is 38.1 Å². The number of nitrogens with one attached hydrogen (secondary N) is 1. The number of carbonyl (C=O) groups excluding carboxylic acids is 1. The number of carbonyl (C=O) groups is 1. The number of hydrogen-bond acceptors (Lipinski definition) is 2. The lowest BCUT2D eigenvalue weighted by Crippen LogP contribution is -2.43. The predicted molar refractivity (Wildman–Crippen MR) is 80.4 cm³/mol. The third-order valence-electron chi connectivity index (χ3n) is 4.80. The van der Waals surface area contributed by atoms with Crippen molar-refractivity contribution in [1.82, 2.24) is 10.2 Å². The van der Waals surface area contributed by atoms with Crippen molar-refractivity contribution in [2.75, 3.05) is 19.6 Å². The number of benzene rings is 1. The number of halogens is 1. The molecule has 1 N–H and O–H groups in total. The molecule has 0 aromatic heterocycles. The average molecular weight is 290 g/mol. The second-order valence-electron chi connectivity index (χ2n) is 6.23. The molecule has 114 valence electrons. The number of rotatable bonds is 3. The lowest BCUT2D eigenvalue weighted by Gasteiger charge is -2.35. The fraction of sp³-hybridized carbons (Fsp3) is 0.588. The molecule has 0 bridgehead atoms.